The Kier molecular flexibility index (Phi) is 7.83. The number of ether oxygens (including phenoxy) is 1. The molecule has 0 saturated carbocycles. The number of nitrogens with one attached hydrogen (secondary N) is 1. The molecule has 0 spiro atoms. The number of carbonyl (C=O) groups is 1. The zero-order valence-corrected chi connectivity index (χ0v) is 20.2. The van der Waals surface area contributed by atoms with Crippen LogP contribution in [0.15, 0.2) is 42.7 Å². The standard InChI is InChI=1S/C26H33N7O2/c1-18(15-27)26(34)33-13-7-19(8-14-33)16-29-25-23(24(28)30-17-31-25)20-3-5-21(6-4-20)35-22-9-11-32(2)12-10-22/h3-6,17,19,22H,1,7-14,16H2,2H3,(H3,28,29,30,31). The molecule has 0 unspecified atom stereocenters. The van der Waals surface area contributed by atoms with Crippen molar-refractivity contribution in [1.82, 2.24) is 19.8 Å². The van der Waals surface area contributed by atoms with Crippen molar-refractivity contribution >= 4 is 17.5 Å². The number of nitrogens with two attached hydrogens (primary N) is 1. The van der Waals surface area contributed by atoms with Gasteiger partial charge in [0.1, 0.15) is 41.5 Å². The lowest BCUT2D eigenvalue weighted by molar-refractivity contribution is -0.127. The molecule has 3 N–H and O–H groups in total. The molecular weight excluding hydrogens is 442 g/mol. The smallest absolute Gasteiger partial charge is 0.263 e. The van der Waals surface area contributed by atoms with Crippen LogP contribution in [0.3, 0.4) is 0 Å². The molecule has 1 aromatic heterocycles. The summed E-state index contributed by atoms with van der Waals surface area (Å²) in [7, 11) is 2.14. The summed E-state index contributed by atoms with van der Waals surface area (Å²) in [5.74, 6) is 2.07. The summed E-state index contributed by atoms with van der Waals surface area (Å²) in [5, 5.41) is 12.3. The maximum absolute atomic E-state index is 12.1. The molecule has 2 aromatic rings. The van der Waals surface area contributed by atoms with Crippen molar-refractivity contribution in [3.8, 4) is 22.9 Å². The maximum atomic E-state index is 12.1. The first-order chi connectivity index (χ1) is 16.9. The van der Waals surface area contributed by atoms with E-state index in [0.29, 0.717) is 37.2 Å². The van der Waals surface area contributed by atoms with Gasteiger partial charge >= 0.3 is 0 Å². The fourth-order valence-corrected chi connectivity index (χ4v) is 4.63. The SMILES string of the molecule is C=C(C#N)C(=O)N1CCC(CNc2ncnc(N)c2-c2ccc(OC3CCN(C)CC3)cc2)CC1. The van der Waals surface area contributed by atoms with Crippen molar-refractivity contribution in [2.45, 2.75) is 31.8 Å². The summed E-state index contributed by atoms with van der Waals surface area (Å²) in [4.78, 5) is 24.8. The Bertz CT molecular complexity index is 1080. The minimum Gasteiger partial charge on any atom is -0.490 e. The van der Waals surface area contributed by atoms with E-state index in [1.807, 2.05) is 30.3 Å². The maximum Gasteiger partial charge on any atom is 0.263 e. The first-order valence-electron chi connectivity index (χ1n) is 12.1. The van der Waals surface area contributed by atoms with Crippen molar-refractivity contribution in [3.63, 3.8) is 0 Å². The molecule has 0 radical (unpaired) electrons. The second-order valence-electron chi connectivity index (χ2n) is 9.33. The lowest BCUT2D eigenvalue weighted by Gasteiger charge is -2.32. The molecule has 2 saturated heterocycles. The predicted molar refractivity (Wildman–Crippen MR) is 136 cm³/mol. The fourth-order valence-electron chi connectivity index (χ4n) is 4.63. The monoisotopic (exact) mass is 475 g/mol. The van der Waals surface area contributed by atoms with E-state index in [9.17, 15) is 4.79 Å². The largest absolute Gasteiger partial charge is 0.490 e. The van der Waals surface area contributed by atoms with Gasteiger partial charge in [0.25, 0.3) is 5.91 Å². The molecule has 1 aromatic carbocycles. The zero-order chi connectivity index (χ0) is 24.8. The molecule has 2 fully saturated rings. The van der Waals surface area contributed by atoms with Crippen LogP contribution in [-0.4, -0.2) is 71.6 Å². The average molecular weight is 476 g/mol. The Hall–Kier alpha value is -3.64. The highest BCUT2D eigenvalue weighted by Gasteiger charge is 2.25. The lowest BCUT2D eigenvalue weighted by Crippen LogP contribution is -2.40. The molecule has 35 heavy (non-hydrogen) atoms. The number of anilines is 2. The Morgan fingerprint density at radius 3 is 2.51 bits per heavy atom. The summed E-state index contributed by atoms with van der Waals surface area (Å²) in [6.45, 7) is 7.58. The van der Waals surface area contributed by atoms with Crippen LogP contribution in [-0.2, 0) is 4.79 Å². The van der Waals surface area contributed by atoms with Gasteiger partial charge in [0.2, 0.25) is 0 Å². The summed E-state index contributed by atoms with van der Waals surface area (Å²) in [6, 6.07) is 9.79. The fraction of sp³-hybridized carbons (Fsp3) is 0.462. The molecule has 9 heteroatoms. The van der Waals surface area contributed by atoms with Gasteiger partial charge in [-0.05, 0) is 56.3 Å². The van der Waals surface area contributed by atoms with Gasteiger partial charge in [0.15, 0.2) is 0 Å². The number of nitrogens with zero attached hydrogens (tertiary/aromatic N) is 5. The molecule has 9 nitrogen and oxygen atoms in total. The number of nitriles is 1. The predicted octanol–water partition coefficient (Wildman–Crippen LogP) is 2.93. The Morgan fingerprint density at radius 1 is 1.17 bits per heavy atom. The number of piperidine rings is 2. The number of rotatable bonds is 7. The van der Waals surface area contributed by atoms with E-state index < -0.39 is 0 Å². The quantitative estimate of drug-likeness (QED) is 0.463. The molecule has 184 valence electrons. The van der Waals surface area contributed by atoms with E-state index in [4.69, 9.17) is 15.7 Å². The second-order valence-corrected chi connectivity index (χ2v) is 9.33. The zero-order valence-electron chi connectivity index (χ0n) is 20.2. The van der Waals surface area contributed by atoms with E-state index in [1.165, 1.54) is 6.33 Å². The number of benzene rings is 1. The number of aromatic nitrogens is 2. The van der Waals surface area contributed by atoms with Gasteiger partial charge in [-0.25, -0.2) is 9.97 Å². The van der Waals surface area contributed by atoms with Crippen LogP contribution in [0, 0.1) is 17.2 Å². The normalized spacial score (nSPS) is 17.5. The summed E-state index contributed by atoms with van der Waals surface area (Å²) >= 11 is 0. The average Bonchev–Trinajstić information content (AvgIpc) is 2.89. The van der Waals surface area contributed by atoms with E-state index in [2.05, 4.69) is 33.8 Å². The van der Waals surface area contributed by atoms with Crippen molar-refractivity contribution in [2.24, 2.45) is 5.92 Å². The Balaban J connectivity index is 1.36. The van der Waals surface area contributed by atoms with Crippen LogP contribution >= 0.6 is 0 Å². The molecule has 4 rings (SSSR count). The van der Waals surface area contributed by atoms with Crippen molar-refractivity contribution < 1.29 is 9.53 Å². The van der Waals surface area contributed by atoms with Crippen LogP contribution in [0.5, 0.6) is 5.75 Å². The van der Waals surface area contributed by atoms with Crippen molar-refractivity contribution in [3.05, 3.63) is 42.7 Å². The van der Waals surface area contributed by atoms with E-state index in [0.717, 1.165) is 55.6 Å². The summed E-state index contributed by atoms with van der Waals surface area (Å²) in [6.07, 6.45) is 5.47. The first-order valence-corrected chi connectivity index (χ1v) is 12.1. The third-order valence-electron chi connectivity index (χ3n) is 6.84. The van der Waals surface area contributed by atoms with Gasteiger partial charge < -0.3 is 25.6 Å². The lowest BCUT2D eigenvalue weighted by atomic mass is 9.96. The third-order valence-corrected chi connectivity index (χ3v) is 6.84. The number of likely N-dealkylation sites (tertiary alicyclic amines) is 2. The number of amides is 1. The molecular formula is C26H33N7O2. The van der Waals surface area contributed by atoms with Gasteiger partial charge in [-0.3, -0.25) is 4.79 Å². The highest BCUT2D eigenvalue weighted by atomic mass is 16.5. The summed E-state index contributed by atoms with van der Waals surface area (Å²) < 4.78 is 6.17. The van der Waals surface area contributed by atoms with E-state index >= 15 is 0 Å². The van der Waals surface area contributed by atoms with Crippen molar-refractivity contribution in [1.29, 1.82) is 5.26 Å². The minimum absolute atomic E-state index is 0.00885. The van der Waals surface area contributed by atoms with Gasteiger partial charge in [-0.15, -0.1) is 0 Å². The van der Waals surface area contributed by atoms with Gasteiger partial charge in [-0.2, -0.15) is 5.26 Å². The van der Waals surface area contributed by atoms with E-state index in [-0.39, 0.29) is 17.6 Å². The van der Waals surface area contributed by atoms with E-state index in [1.54, 1.807) is 4.90 Å². The second kappa shape index (κ2) is 11.2. The highest BCUT2D eigenvalue weighted by Crippen LogP contribution is 2.32. The molecule has 0 atom stereocenters. The molecule has 1 amide bonds. The van der Waals surface area contributed by atoms with Gasteiger partial charge in [0.05, 0.1) is 5.56 Å². The molecule has 3 heterocycles. The van der Waals surface area contributed by atoms with Gasteiger partial charge in [0, 0.05) is 32.7 Å². The van der Waals surface area contributed by atoms with Crippen LogP contribution in [0.25, 0.3) is 11.1 Å². The van der Waals surface area contributed by atoms with Crippen LogP contribution in [0.4, 0.5) is 11.6 Å². The number of carbonyl (C=O) groups excluding carboxylic acids is 1. The Labute approximate surface area is 206 Å². The van der Waals surface area contributed by atoms with Crippen LogP contribution < -0.4 is 15.8 Å². The molecule has 0 aliphatic carbocycles. The van der Waals surface area contributed by atoms with Crippen LogP contribution in [0.2, 0.25) is 0 Å². The molecule has 0 bridgehead atoms. The first kappa shape index (κ1) is 24.5. The topological polar surface area (TPSA) is 120 Å². The number of nitrogen functional groups attached to an aromatic ring is 1. The van der Waals surface area contributed by atoms with Gasteiger partial charge in [-0.1, -0.05) is 18.7 Å². The highest BCUT2D eigenvalue weighted by molar-refractivity contribution is 5.96. The molecule has 2 aliphatic heterocycles. The Morgan fingerprint density at radius 2 is 1.86 bits per heavy atom. The number of hydrogen-bond acceptors (Lipinski definition) is 8. The summed E-state index contributed by atoms with van der Waals surface area (Å²) in [5.41, 5.74) is 7.94. The van der Waals surface area contributed by atoms with Crippen molar-refractivity contribution in [2.75, 3.05) is 50.8 Å². The third kappa shape index (κ3) is 6.08. The minimum atomic E-state index is -0.270. The van der Waals surface area contributed by atoms with Crippen LogP contribution in [0.1, 0.15) is 25.7 Å². The molecule has 2 aliphatic rings. The number of hydrogen-bond donors (Lipinski definition) is 2.